The van der Waals surface area contributed by atoms with E-state index >= 15 is 0 Å². The van der Waals surface area contributed by atoms with Gasteiger partial charge in [-0.1, -0.05) is 36.4 Å². The van der Waals surface area contributed by atoms with Crippen LogP contribution < -0.4 is 10.1 Å². The molecule has 0 unspecified atom stereocenters. The van der Waals surface area contributed by atoms with E-state index < -0.39 is 0 Å². The highest BCUT2D eigenvalue weighted by molar-refractivity contribution is 5.88. The Kier molecular flexibility index (Phi) is 3.36. The summed E-state index contributed by atoms with van der Waals surface area (Å²) < 4.78 is 5.76. The molecule has 98 valence electrons. The van der Waals surface area contributed by atoms with Gasteiger partial charge in [-0.2, -0.15) is 0 Å². The van der Waals surface area contributed by atoms with Crippen LogP contribution in [0.4, 0.5) is 0 Å². The number of rotatable bonds is 5. The second kappa shape index (κ2) is 5.31. The van der Waals surface area contributed by atoms with E-state index in [9.17, 15) is 4.79 Å². The van der Waals surface area contributed by atoms with Crippen LogP contribution in [0.5, 0.6) is 5.75 Å². The summed E-state index contributed by atoms with van der Waals surface area (Å²) in [4.78, 5) is 11.5. The molecule has 3 rings (SSSR count). The van der Waals surface area contributed by atoms with Crippen molar-refractivity contribution in [2.75, 3.05) is 13.2 Å². The maximum absolute atomic E-state index is 11.5. The molecule has 0 aliphatic heterocycles. The van der Waals surface area contributed by atoms with E-state index in [1.54, 1.807) is 0 Å². The maximum Gasteiger partial charge on any atom is 0.223 e. The summed E-state index contributed by atoms with van der Waals surface area (Å²) in [6.07, 6.45) is 2.08. The van der Waals surface area contributed by atoms with Crippen LogP contribution in [0.25, 0.3) is 10.8 Å². The van der Waals surface area contributed by atoms with Crippen molar-refractivity contribution in [1.29, 1.82) is 0 Å². The van der Waals surface area contributed by atoms with E-state index in [1.165, 1.54) is 5.39 Å². The normalized spacial score (nSPS) is 14.3. The molecule has 1 amide bonds. The molecule has 0 radical (unpaired) electrons. The number of fused-ring (bicyclic) bond motifs is 1. The second-order valence-corrected chi connectivity index (χ2v) is 4.89. The minimum absolute atomic E-state index is 0.168. The third-order valence-electron chi connectivity index (χ3n) is 3.36. The van der Waals surface area contributed by atoms with Crippen molar-refractivity contribution in [1.82, 2.24) is 5.32 Å². The second-order valence-electron chi connectivity index (χ2n) is 4.89. The zero-order chi connectivity index (χ0) is 13.1. The molecule has 1 saturated carbocycles. The molecule has 3 nitrogen and oxygen atoms in total. The highest BCUT2D eigenvalue weighted by atomic mass is 16.5. The first-order valence-corrected chi connectivity index (χ1v) is 6.73. The van der Waals surface area contributed by atoms with Gasteiger partial charge in [-0.25, -0.2) is 0 Å². The third kappa shape index (κ3) is 2.87. The fraction of sp³-hybridized carbons (Fsp3) is 0.312. The first-order valence-electron chi connectivity index (χ1n) is 6.73. The van der Waals surface area contributed by atoms with Gasteiger partial charge in [0.2, 0.25) is 5.91 Å². The van der Waals surface area contributed by atoms with Gasteiger partial charge in [0.05, 0.1) is 6.54 Å². The van der Waals surface area contributed by atoms with Gasteiger partial charge in [0.1, 0.15) is 12.4 Å². The number of hydrogen-bond donors (Lipinski definition) is 1. The first-order chi connectivity index (χ1) is 9.34. The summed E-state index contributed by atoms with van der Waals surface area (Å²) in [7, 11) is 0. The van der Waals surface area contributed by atoms with Crippen LogP contribution in [-0.4, -0.2) is 19.1 Å². The summed E-state index contributed by atoms with van der Waals surface area (Å²) >= 11 is 0. The predicted octanol–water partition coefficient (Wildman–Crippen LogP) is 2.74. The van der Waals surface area contributed by atoms with Crippen molar-refractivity contribution in [3.05, 3.63) is 42.5 Å². The highest BCUT2D eigenvalue weighted by Gasteiger charge is 2.28. The van der Waals surface area contributed by atoms with Crippen LogP contribution in [0.3, 0.4) is 0 Å². The molecular weight excluding hydrogens is 238 g/mol. The topological polar surface area (TPSA) is 38.3 Å². The Labute approximate surface area is 112 Å². The number of ether oxygens (including phenoxy) is 1. The van der Waals surface area contributed by atoms with Gasteiger partial charge < -0.3 is 10.1 Å². The van der Waals surface area contributed by atoms with Crippen molar-refractivity contribution in [2.45, 2.75) is 12.8 Å². The van der Waals surface area contributed by atoms with Crippen LogP contribution in [0, 0.1) is 5.92 Å². The Morgan fingerprint density at radius 2 is 1.95 bits per heavy atom. The van der Waals surface area contributed by atoms with Gasteiger partial charge in [-0.3, -0.25) is 4.79 Å². The van der Waals surface area contributed by atoms with Crippen molar-refractivity contribution in [3.8, 4) is 5.75 Å². The van der Waals surface area contributed by atoms with Crippen LogP contribution in [0.15, 0.2) is 42.5 Å². The molecule has 0 bridgehead atoms. The Morgan fingerprint density at radius 1 is 1.16 bits per heavy atom. The number of carbonyl (C=O) groups is 1. The lowest BCUT2D eigenvalue weighted by Gasteiger charge is -2.10. The van der Waals surface area contributed by atoms with E-state index in [-0.39, 0.29) is 11.8 Å². The van der Waals surface area contributed by atoms with Crippen LogP contribution in [-0.2, 0) is 4.79 Å². The minimum Gasteiger partial charge on any atom is -0.491 e. The number of hydrogen-bond acceptors (Lipinski definition) is 2. The lowest BCUT2D eigenvalue weighted by atomic mass is 10.1. The van der Waals surface area contributed by atoms with E-state index in [0.29, 0.717) is 13.2 Å². The molecule has 0 aromatic heterocycles. The standard InChI is InChI=1S/C16H17NO2/c18-16(13-8-9-13)17-10-11-19-15-7-3-5-12-4-1-2-6-14(12)15/h1-7,13H,8-11H2,(H,17,18). The largest absolute Gasteiger partial charge is 0.491 e. The molecule has 0 spiro atoms. The summed E-state index contributed by atoms with van der Waals surface area (Å²) in [5.41, 5.74) is 0. The summed E-state index contributed by atoms with van der Waals surface area (Å²) in [6, 6.07) is 14.2. The van der Waals surface area contributed by atoms with Crippen LogP contribution >= 0.6 is 0 Å². The molecule has 0 heterocycles. The zero-order valence-corrected chi connectivity index (χ0v) is 10.8. The summed E-state index contributed by atoms with van der Waals surface area (Å²) in [6.45, 7) is 1.07. The van der Waals surface area contributed by atoms with Crippen molar-refractivity contribution in [3.63, 3.8) is 0 Å². The molecule has 0 saturated heterocycles. The Morgan fingerprint density at radius 3 is 2.79 bits per heavy atom. The van der Waals surface area contributed by atoms with Crippen molar-refractivity contribution < 1.29 is 9.53 Å². The molecule has 3 heteroatoms. The zero-order valence-electron chi connectivity index (χ0n) is 10.8. The highest BCUT2D eigenvalue weighted by Crippen LogP contribution is 2.28. The van der Waals surface area contributed by atoms with E-state index in [2.05, 4.69) is 17.4 Å². The van der Waals surface area contributed by atoms with E-state index in [1.807, 2.05) is 30.3 Å². The average molecular weight is 255 g/mol. The quantitative estimate of drug-likeness (QED) is 0.834. The molecule has 2 aromatic rings. The average Bonchev–Trinajstić information content (AvgIpc) is 3.28. The van der Waals surface area contributed by atoms with Gasteiger partial charge in [0.25, 0.3) is 0 Å². The van der Waals surface area contributed by atoms with Gasteiger partial charge in [-0.15, -0.1) is 0 Å². The van der Waals surface area contributed by atoms with Gasteiger partial charge in [-0.05, 0) is 24.3 Å². The van der Waals surface area contributed by atoms with Crippen molar-refractivity contribution >= 4 is 16.7 Å². The molecule has 19 heavy (non-hydrogen) atoms. The lowest BCUT2D eigenvalue weighted by Crippen LogP contribution is -2.29. The van der Waals surface area contributed by atoms with Crippen LogP contribution in [0.1, 0.15) is 12.8 Å². The maximum atomic E-state index is 11.5. The molecule has 1 N–H and O–H groups in total. The first kappa shape index (κ1) is 12.0. The molecular formula is C16H17NO2. The van der Waals surface area contributed by atoms with Gasteiger partial charge >= 0.3 is 0 Å². The smallest absolute Gasteiger partial charge is 0.223 e. The Balaban J connectivity index is 1.57. The fourth-order valence-electron chi connectivity index (χ4n) is 2.15. The number of carbonyl (C=O) groups excluding carboxylic acids is 1. The molecule has 0 atom stereocenters. The monoisotopic (exact) mass is 255 g/mol. The fourth-order valence-corrected chi connectivity index (χ4v) is 2.15. The SMILES string of the molecule is O=C(NCCOc1cccc2ccccc12)C1CC1. The van der Waals surface area contributed by atoms with E-state index in [4.69, 9.17) is 4.74 Å². The van der Waals surface area contributed by atoms with Crippen molar-refractivity contribution in [2.24, 2.45) is 5.92 Å². The molecule has 1 aliphatic carbocycles. The van der Waals surface area contributed by atoms with Gasteiger partial charge in [0, 0.05) is 11.3 Å². The Hall–Kier alpha value is -2.03. The molecule has 1 fully saturated rings. The molecule has 1 aliphatic rings. The van der Waals surface area contributed by atoms with Gasteiger partial charge in [0.15, 0.2) is 0 Å². The Bertz CT molecular complexity index is 585. The minimum atomic E-state index is 0.168. The summed E-state index contributed by atoms with van der Waals surface area (Å²) in [5.74, 6) is 1.30. The van der Waals surface area contributed by atoms with E-state index in [0.717, 1.165) is 24.0 Å². The third-order valence-corrected chi connectivity index (χ3v) is 3.36. The lowest BCUT2D eigenvalue weighted by molar-refractivity contribution is -0.122. The van der Waals surface area contributed by atoms with Crippen LogP contribution in [0.2, 0.25) is 0 Å². The number of amides is 1. The number of nitrogens with one attached hydrogen (secondary N) is 1. The summed E-state index contributed by atoms with van der Waals surface area (Å²) in [5, 5.41) is 5.18. The number of benzene rings is 2. The predicted molar refractivity (Wildman–Crippen MR) is 75.2 cm³/mol. The molecule has 2 aromatic carbocycles.